The van der Waals surface area contributed by atoms with E-state index in [4.69, 9.17) is 0 Å². The number of hydrogen-bond donors (Lipinski definition) is 0. The van der Waals surface area contributed by atoms with Crippen LogP contribution in [0, 0.1) is 5.82 Å². The van der Waals surface area contributed by atoms with Crippen LogP contribution in [0.25, 0.3) is 0 Å². The van der Waals surface area contributed by atoms with Gasteiger partial charge in [-0.15, -0.1) is 0 Å². The Balaban J connectivity index is 1.94. The van der Waals surface area contributed by atoms with Gasteiger partial charge in [-0.05, 0) is 70.5 Å². The summed E-state index contributed by atoms with van der Waals surface area (Å²) in [6.07, 6.45) is -13.6. The van der Waals surface area contributed by atoms with Gasteiger partial charge < -0.3 is 4.90 Å². The Bertz CT molecular complexity index is 1460. The minimum absolute atomic E-state index is 0.0420. The lowest BCUT2D eigenvalue weighted by Crippen LogP contribution is -2.59. The van der Waals surface area contributed by atoms with E-state index in [0.717, 1.165) is 17.0 Å². The fraction of sp³-hybridized carbons (Fsp3) is 0.200. The lowest BCUT2D eigenvalue weighted by molar-refractivity contribution is -0.389. The summed E-state index contributed by atoms with van der Waals surface area (Å²) in [5.41, 5.74) is -8.43. The maximum Gasteiger partial charge on any atom is 0.457 e. The van der Waals surface area contributed by atoms with Gasteiger partial charge in [0.15, 0.2) is 0 Å². The number of amides is 2. The Morgan fingerprint density at radius 3 is 1.83 bits per heavy atom. The van der Waals surface area contributed by atoms with Crippen LogP contribution in [0.3, 0.4) is 0 Å². The van der Waals surface area contributed by atoms with Crippen LogP contribution in [0.15, 0.2) is 71.2 Å². The van der Waals surface area contributed by atoms with E-state index >= 15 is 0 Å². The molecule has 0 aromatic heterocycles. The molecule has 16 heteroatoms. The number of alkyl halides is 9. The summed E-state index contributed by atoms with van der Waals surface area (Å²) in [5, 5.41) is 0. The van der Waals surface area contributed by atoms with Crippen molar-refractivity contribution >= 4 is 55.3 Å². The van der Waals surface area contributed by atoms with Crippen LogP contribution in [0.5, 0.6) is 0 Å². The minimum atomic E-state index is -6.89. The van der Waals surface area contributed by atoms with Crippen LogP contribution >= 0.6 is 32.1 Å². The van der Waals surface area contributed by atoms with Crippen molar-refractivity contribution in [2.24, 2.45) is 0 Å². The van der Waals surface area contributed by atoms with Crippen molar-refractivity contribution in [2.75, 3.05) is 15.9 Å². The summed E-state index contributed by atoms with van der Waals surface area (Å²) in [7, 11) is 1.36. The highest BCUT2D eigenvalue weighted by atomic mass is 79.9. The van der Waals surface area contributed by atoms with Gasteiger partial charge in [0.25, 0.3) is 11.8 Å². The number of carbonyl (C=O) groups excluding carboxylic acids is 2. The van der Waals surface area contributed by atoms with E-state index < -0.39 is 51.6 Å². The highest BCUT2D eigenvalue weighted by Gasteiger charge is 2.81. The molecule has 0 saturated carbocycles. The molecule has 41 heavy (non-hydrogen) atoms. The van der Waals surface area contributed by atoms with E-state index in [1.807, 2.05) is 0 Å². The molecule has 0 fully saturated rings. The van der Waals surface area contributed by atoms with Gasteiger partial charge in [-0.25, -0.2) is 12.7 Å². The zero-order valence-corrected chi connectivity index (χ0v) is 23.3. The van der Waals surface area contributed by atoms with Crippen molar-refractivity contribution in [1.29, 1.82) is 0 Å². The van der Waals surface area contributed by atoms with Crippen molar-refractivity contribution in [3.63, 3.8) is 0 Å². The molecule has 0 spiro atoms. The van der Waals surface area contributed by atoms with Crippen molar-refractivity contribution < 1.29 is 53.5 Å². The molecule has 0 aliphatic rings. The Morgan fingerprint density at radius 1 is 0.732 bits per heavy atom. The van der Waals surface area contributed by atoms with Crippen LogP contribution in [0.2, 0.25) is 0 Å². The van der Waals surface area contributed by atoms with Crippen molar-refractivity contribution in [3.8, 4) is 0 Å². The van der Waals surface area contributed by atoms with Gasteiger partial charge in [0.05, 0.1) is 21.8 Å². The van der Waals surface area contributed by atoms with Crippen molar-refractivity contribution in [2.45, 2.75) is 23.9 Å². The van der Waals surface area contributed by atoms with Crippen LogP contribution in [0.4, 0.5) is 55.3 Å². The third kappa shape index (κ3) is 5.94. The highest BCUT2D eigenvalue weighted by molar-refractivity contribution is 9.11. The molecule has 0 bridgehead atoms. The third-order valence-corrected chi connectivity index (χ3v) is 7.13. The lowest BCUT2D eigenvalue weighted by Gasteiger charge is -2.36. The van der Waals surface area contributed by atoms with E-state index in [-0.39, 0.29) is 34.6 Å². The van der Waals surface area contributed by atoms with Gasteiger partial charge in [-0.3, -0.25) is 9.59 Å². The molecule has 0 radical (unpaired) electrons. The quantitative estimate of drug-likeness (QED) is 0.189. The summed E-state index contributed by atoms with van der Waals surface area (Å²) in [4.78, 5) is 26.9. The normalized spacial score (nSPS) is 13.9. The number of halogens is 12. The van der Waals surface area contributed by atoms with Crippen molar-refractivity contribution in [3.05, 3.63) is 93.7 Å². The summed E-state index contributed by atoms with van der Waals surface area (Å²) < 4.78 is 134. The molecule has 3 aromatic rings. The number of rotatable bonds is 6. The average Bonchev–Trinajstić information content (AvgIpc) is 2.90. The average molecular weight is 724 g/mol. The van der Waals surface area contributed by atoms with Crippen LogP contribution in [0.1, 0.15) is 26.3 Å². The number of hydrogen-bond acceptors (Lipinski definition) is 2. The molecule has 4 nitrogen and oxygen atoms in total. The summed E-state index contributed by atoms with van der Waals surface area (Å²) in [6.45, 7) is 0. The molecule has 0 saturated heterocycles. The zero-order chi connectivity index (χ0) is 31.1. The molecule has 1 atom stereocenters. The van der Waals surface area contributed by atoms with Crippen LogP contribution in [-0.2, 0) is 5.67 Å². The molecule has 3 rings (SSSR count). The highest BCUT2D eigenvalue weighted by Crippen LogP contribution is 2.58. The molecule has 220 valence electrons. The maximum absolute atomic E-state index is 14.8. The van der Waals surface area contributed by atoms with E-state index in [0.29, 0.717) is 9.99 Å². The third-order valence-electron chi connectivity index (χ3n) is 5.79. The molecule has 3 aromatic carbocycles. The molecule has 0 aliphatic carbocycles. The molecular weight excluding hydrogens is 710 g/mol. The Labute approximate surface area is 242 Å². The first-order valence-corrected chi connectivity index (χ1v) is 12.4. The SMILES string of the molecule is CN(C(=O)c1ccc(F)cc1)c1cccc(C(=O)N(Br)c2ccc(C(F)(C(F)(F)F)C(F)(F)C(F)(F)F)cc2Br)c1. The smallest absolute Gasteiger partial charge is 0.311 e. The fourth-order valence-corrected chi connectivity index (χ4v) is 4.88. The predicted octanol–water partition coefficient (Wildman–Crippen LogP) is 8.75. The zero-order valence-electron chi connectivity index (χ0n) is 20.1. The topological polar surface area (TPSA) is 40.6 Å². The van der Waals surface area contributed by atoms with Gasteiger partial charge >= 0.3 is 23.9 Å². The van der Waals surface area contributed by atoms with E-state index in [2.05, 4.69) is 32.1 Å². The van der Waals surface area contributed by atoms with Crippen molar-refractivity contribution in [1.82, 2.24) is 0 Å². The molecule has 0 heterocycles. The predicted molar refractivity (Wildman–Crippen MR) is 135 cm³/mol. The molecule has 2 amide bonds. The number of anilines is 2. The second-order valence-corrected chi connectivity index (χ2v) is 9.97. The van der Waals surface area contributed by atoms with E-state index in [1.54, 1.807) is 0 Å². The standard InChI is InChI=1S/C25H14Br2F10N2O2/c1-38(20(40)13-5-8-16(28)9-6-13)17-4-2-3-14(11-17)21(41)39(27)19-10-7-15(12-18(19)26)22(29,24(32,33)34)23(30,31)25(35,36)37/h2-12H,1H3. The Morgan fingerprint density at radius 2 is 1.32 bits per heavy atom. The van der Waals surface area contributed by atoms with Gasteiger partial charge in [-0.2, -0.15) is 35.1 Å². The van der Waals surface area contributed by atoms with Gasteiger partial charge in [0, 0.05) is 33.9 Å². The second kappa shape index (κ2) is 11.3. The number of nitrogens with zero attached hydrogens (tertiary/aromatic N) is 2. The summed E-state index contributed by atoms with van der Waals surface area (Å²) >= 11 is 5.54. The first-order chi connectivity index (χ1) is 18.7. The van der Waals surface area contributed by atoms with Gasteiger partial charge in [0.1, 0.15) is 5.82 Å². The number of benzene rings is 3. The van der Waals surface area contributed by atoms with Gasteiger partial charge in [0.2, 0.25) is 0 Å². The molecule has 1 unspecified atom stereocenters. The molecular formula is C25H14Br2F10N2O2. The monoisotopic (exact) mass is 722 g/mol. The van der Waals surface area contributed by atoms with E-state index in [1.165, 1.54) is 43.4 Å². The fourth-order valence-electron chi connectivity index (χ4n) is 3.57. The second-order valence-electron chi connectivity index (χ2n) is 8.40. The Kier molecular flexibility index (Phi) is 8.90. The lowest BCUT2D eigenvalue weighted by atomic mass is 9.87. The summed E-state index contributed by atoms with van der Waals surface area (Å²) in [5.74, 6) is -8.93. The first-order valence-electron chi connectivity index (χ1n) is 10.9. The molecule has 0 aliphatic heterocycles. The van der Waals surface area contributed by atoms with Crippen LogP contribution in [-0.4, -0.2) is 37.1 Å². The molecule has 0 N–H and O–H groups in total. The maximum atomic E-state index is 14.8. The first kappa shape index (κ1) is 32.4. The van der Waals surface area contributed by atoms with Crippen LogP contribution < -0.4 is 8.83 Å². The summed E-state index contributed by atoms with van der Waals surface area (Å²) in [6, 6.07) is 10.6. The van der Waals surface area contributed by atoms with E-state index in [9.17, 15) is 53.5 Å². The largest absolute Gasteiger partial charge is 0.457 e. The minimum Gasteiger partial charge on any atom is -0.311 e. The Hall–Kier alpha value is -3.14. The van der Waals surface area contributed by atoms with Gasteiger partial charge in [-0.1, -0.05) is 12.1 Å². The number of carbonyl (C=O) groups is 2.